The third-order valence-electron chi connectivity index (χ3n) is 5.36. The zero-order valence-electron chi connectivity index (χ0n) is 17.1. The van der Waals surface area contributed by atoms with Crippen LogP contribution in [0.25, 0.3) is 0 Å². The Bertz CT molecular complexity index is 1350. The number of benzene rings is 3. The number of nitrogens with one attached hydrogen (secondary N) is 2. The molecule has 0 unspecified atom stereocenters. The van der Waals surface area contributed by atoms with Crippen LogP contribution in [0, 0.1) is 29.2 Å². The molecule has 1 aliphatic rings. The molecule has 0 bridgehead atoms. The van der Waals surface area contributed by atoms with Crippen molar-refractivity contribution < 1.29 is 27.2 Å². The van der Waals surface area contributed by atoms with Crippen LogP contribution in [0.4, 0.5) is 28.9 Å². The Hall–Kier alpha value is -2.33. The molecule has 0 saturated heterocycles. The maximum Gasteiger partial charge on any atom is 0.257 e. The lowest BCUT2D eigenvalue weighted by atomic mass is 10.1. The third kappa shape index (κ3) is 5.14. The van der Waals surface area contributed by atoms with Gasteiger partial charge in [0.15, 0.2) is 0 Å². The van der Waals surface area contributed by atoms with Gasteiger partial charge in [-0.2, -0.15) is 0 Å². The minimum Gasteiger partial charge on any atom is -0.326 e. The van der Waals surface area contributed by atoms with E-state index in [4.69, 9.17) is 34.8 Å². The summed E-state index contributed by atoms with van der Waals surface area (Å²) in [4.78, 5) is 25.5. The molecule has 35 heavy (non-hydrogen) atoms. The molecular weight excluding hydrogens is 599 g/mol. The molecule has 1 saturated carbocycles. The van der Waals surface area contributed by atoms with Crippen molar-refractivity contribution in [2.24, 2.45) is 5.92 Å². The Morgan fingerprint density at radius 3 is 2.17 bits per heavy atom. The van der Waals surface area contributed by atoms with Gasteiger partial charge in [0.1, 0.15) is 27.6 Å². The summed E-state index contributed by atoms with van der Waals surface area (Å²) < 4.78 is 52.9. The normalized spacial score (nSPS) is 18.2. The molecule has 0 spiro atoms. The monoisotopic (exact) mass is 608 g/mol. The number of hydrogen-bond donors (Lipinski definition) is 2. The standard InChI is InChI=1S/C23H12BrCl3F4N2O2/c24-20-15(30)5-9(6-16(20)31)18-19(23(18,26)27)22(35)32-11-2-3-13(25)12(8-11)21(34)33-17-4-1-10(28)7-14(17)29/h1-8,18-19H,(H,32,35)(H,33,34)/t18-,19+/m0/s1. The van der Waals surface area contributed by atoms with E-state index in [2.05, 4.69) is 26.6 Å². The SMILES string of the molecule is O=C(Nc1ccc(F)cc1F)c1cc(NC(=O)[C@H]2[C@H](c3cc(F)c(Br)c(F)c3)C2(Cl)Cl)ccc1Cl. The largest absolute Gasteiger partial charge is 0.326 e. The average molecular weight is 611 g/mol. The van der Waals surface area contributed by atoms with Crippen molar-refractivity contribution >= 4 is 73.9 Å². The molecule has 3 aromatic rings. The summed E-state index contributed by atoms with van der Waals surface area (Å²) in [5, 5.41) is 4.81. The van der Waals surface area contributed by atoms with Gasteiger partial charge in [0, 0.05) is 17.7 Å². The molecule has 182 valence electrons. The van der Waals surface area contributed by atoms with Gasteiger partial charge in [0.25, 0.3) is 5.91 Å². The van der Waals surface area contributed by atoms with Gasteiger partial charge in [-0.25, -0.2) is 17.6 Å². The van der Waals surface area contributed by atoms with Crippen LogP contribution in [0.15, 0.2) is 53.0 Å². The molecule has 0 radical (unpaired) electrons. The van der Waals surface area contributed by atoms with Crippen LogP contribution in [0.5, 0.6) is 0 Å². The van der Waals surface area contributed by atoms with Crippen LogP contribution in [-0.2, 0) is 4.79 Å². The Morgan fingerprint density at radius 2 is 1.54 bits per heavy atom. The first kappa shape index (κ1) is 25.8. The van der Waals surface area contributed by atoms with Gasteiger partial charge in [-0.15, -0.1) is 23.2 Å². The number of anilines is 2. The van der Waals surface area contributed by atoms with Crippen LogP contribution < -0.4 is 10.6 Å². The van der Waals surface area contributed by atoms with E-state index in [1.54, 1.807) is 0 Å². The number of rotatable bonds is 5. The van der Waals surface area contributed by atoms with Gasteiger partial charge in [-0.05, 0) is 64.0 Å². The molecule has 0 aliphatic heterocycles. The predicted molar refractivity (Wildman–Crippen MR) is 129 cm³/mol. The minimum absolute atomic E-state index is 0.00263. The van der Waals surface area contributed by atoms with Crippen molar-refractivity contribution in [3.05, 3.63) is 92.4 Å². The van der Waals surface area contributed by atoms with Crippen molar-refractivity contribution in [1.29, 1.82) is 0 Å². The van der Waals surface area contributed by atoms with E-state index < -0.39 is 51.3 Å². The zero-order valence-corrected chi connectivity index (χ0v) is 21.0. The van der Waals surface area contributed by atoms with Crippen LogP contribution >= 0.6 is 50.7 Å². The van der Waals surface area contributed by atoms with E-state index >= 15 is 0 Å². The fraction of sp³-hybridized carbons (Fsp3) is 0.130. The maximum absolute atomic E-state index is 13.9. The van der Waals surface area contributed by atoms with Gasteiger partial charge < -0.3 is 10.6 Å². The van der Waals surface area contributed by atoms with E-state index in [9.17, 15) is 27.2 Å². The molecule has 2 N–H and O–H groups in total. The molecule has 4 nitrogen and oxygen atoms in total. The van der Waals surface area contributed by atoms with E-state index in [1.165, 1.54) is 18.2 Å². The van der Waals surface area contributed by atoms with E-state index in [1.807, 2.05) is 0 Å². The average Bonchev–Trinajstić information content (AvgIpc) is 3.37. The second-order valence-corrected chi connectivity index (χ2v) is 10.3. The third-order valence-corrected chi connectivity index (χ3v) is 7.39. The van der Waals surface area contributed by atoms with E-state index in [-0.39, 0.29) is 32.0 Å². The Kier molecular flexibility index (Phi) is 7.07. The molecule has 1 aliphatic carbocycles. The maximum atomic E-state index is 13.9. The van der Waals surface area contributed by atoms with Gasteiger partial charge in [-0.1, -0.05) is 11.6 Å². The lowest BCUT2D eigenvalue weighted by Crippen LogP contribution is -2.18. The molecule has 4 rings (SSSR count). The first-order chi connectivity index (χ1) is 16.4. The molecule has 3 aromatic carbocycles. The summed E-state index contributed by atoms with van der Waals surface area (Å²) in [7, 11) is 0. The molecule has 2 amide bonds. The summed E-state index contributed by atoms with van der Waals surface area (Å²) in [5.74, 6) is -6.97. The quantitative estimate of drug-likeness (QED) is 0.179. The highest BCUT2D eigenvalue weighted by atomic mass is 79.9. The number of amides is 2. The fourth-order valence-electron chi connectivity index (χ4n) is 3.60. The van der Waals surface area contributed by atoms with Gasteiger partial charge in [-0.3, -0.25) is 9.59 Å². The summed E-state index contributed by atoms with van der Waals surface area (Å²) in [6.45, 7) is 0. The Labute approximate surface area is 219 Å². The molecule has 1 fully saturated rings. The molecule has 0 aromatic heterocycles. The predicted octanol–water partition coefficient (Wildman–Crippen LogP) is 7.44. The number of carbonyl (C=O) groups excluding carboxylic acids is 2. The lowest BCUT2D eigenvalue weighted by Gasteiger charge is -2.11. The number of carbonyl (C=O) groups is 2. The first-order valence-corrected chi connectivity index (χ1v) is 11.7. The molecule has 0 heterocycles. The van der Waals surface area contributed by atoms with Gasteiger partial charge in [0.05, 0.1) is 26.7 Å². The highest BCUT2D eigenvalue weighted by Crippen LogP contribution is 2.65. The van der Waals surface area contributed by atoms with E-state index in [0.29, 0.717) is 6.07 Å². The van der Waals surface area contributed by atoms with Crippen LogP contribution in [0.1, 0.15) is 21.8 Å². The summed E-state index contributed by atoms with van der Waals surface area (Å²) in [6.07, 6.45) is 0. The number of alkyl halides is 2. The van der Waals surface area contributed by atoms with Crippen molar-refractivity contribution in [2.75, 3.05) is 10.6 Å². The Morgan fingerprint density at radius 1 is 0.886 bits per heavy atom. The number of hydrogen-bond acceptors (Lipinski definition) is 2. The van der Waals surface area contributed by atoms with Crippen molar-refractivity contribution in [2.45, 2.75) is 10.3 Å². The van der Waals surface area contributed by atoms with Crippen molar-refractivity contribution in [3.63, 3.8) is 0 Å². The molecular formula is C23H12BrCl3F4N2O2. The van der Waals surface area contributed by atoms with Crippen LogP contribution in [-0.4, -0.2) is 16.1 Å². The zero-order chi connectivity index (χ0) is 25.7. The highest BCUT2D eigenvalue weighted by molar-refractivity contribution is 9.10. The van der Waals surface area contributed by atoms with E-state index in [0.717, 1.165) is 24.3 Å². The van der Waals surface area contributed by atoms with Crippen LogP contribution in [0.3, 0.4) is 0 Å². The van der Waals surface area contributed by atoms with Gasteiger partial charge >= 0.3 is 0 Å². The fourth-order valence-corrected chi connectivity index (χ4v) is 4.86. The summed E-state index contributed by atoms with van der Waals surface area (Å²) >= 11 is 21.3. The topological polar surface area (TPSA) is 58.2 Å². The smallest absolute Gasteiger partial charge is 0.257 e. The second kappa shape index (κ2) is 9.61. The van der Waals surface area contributed by atoms with Crippen LogP contribution in [0.2, 0.25) is 5.02 Å². The number of halogens is 8. The summed E-state index contributed by atoms with van der Waals surface area (Å²) in [5.41, 5.74) is -0.149. The molecule has 12 heteroatoms. The van der Waals surface area contributed by atoms with Crippen molar-refractivity contribution in [1.82, 2.24) is 0 Å². The van der Waals surface area contributed by atoms with Gasteiger partial charge in [0.2, 0.25) is 5.91 Å². The lowest BCUT2D eigenvalue weighted by molar-refractivity contribution is -0.117. The molecule has 2 atom stereocenters. The first-order valence-electron chi connectivity index (χ1n) is 9.79. The van der Waals surface area contributed by atoms with Crippen molar-refractivity contribution in [3.8, 4) is 0 Å². The second-order valence-electron chi connectivity index (χ2n) is 7.69. The minimum atomic E-state index is -1.62. The summed E-state index contributed by atoms with van der Waals surface area (Å²) in [6, 6.07) is 8.64. The Balaban J connectivity index is 1.52. The highest BCUT2D eigenvalue weighted by Gasteiger charge is 2.67.